The van der Waals surface area contributed by atoms with Gasteiger partial charge in [-0.3, -0.25) is 0 Å². The number of amidine groups is 1. The zero-order chi connectivity index (χ0) is 14.0. The molecule has 0 aromatic heterocycles. The van der Waals surface area contributed by atoms with Gasteiger partial charge in [0.15, 0.2) is 0 Å². The van der Waals surface area contributed by atoms with E-state index in [0.29, 0.717) is 11.8 Å². The van der Waals surface area contributed by atoms with E-state index in [0.717, 1.165) is 25.3 Å². The van der Waals surface area contributed by atoms with E-state index in [2.05, 4.69) is 25.8 Å². The zero-order valence-corrected chi connectivity index (χ0v) is 12.5. The number of hydrogen-bond donors (Lipinski definition) is 1. The summed E-state index contributed by atoms with van der Waals surface area (Å²) in [4.78, 5) is 18.1. The van der Waals surface area contributed by atoms with Crippen LogP contribution in [0.25, 0.3) is 0 Å². The minimum atomic E-state index is -0.258. The van der Waals surface area contributed by atoms with Crippen LogP contribution < -0.4 is 5.73 Å². The molecule has 0 aromatic rings. The average Bonchev–Trinajstić information content (AvgIpc) is 2.57. The van der Waals surface area contributed by atoms with Crippen LogP contribution in [0.3, 0.4) is 0 Å². The summed E-state index contributed by atoms with van der Waals surface area (Å²) in [5, 5.41) is 0. The third-order valence-corrected chi connectivity index (χ3v) is 4.62. The van der Waals surface area contributed by atoms with Crippen molar-refractivity contribution in [1.29, 1.82) is 0 Å². The normalized spacial score (nSPS) is 31.4. The lowest BCUT2D eigenvalue weighted by Gasteiger charge is -2.43. The molecule has 19 heavy (non-hydrogen) atoms. The Morgan fingerprint density at radius 1 is 1.42 bits per heavy atom. The quantitative estimate of drug-likeness (QED) is 0.848. The molecule has 2 aliphatic rings. The monoisotopic (exact) mass is 265 g/mol. The fourth-order valence-corrected chi connectivity index (χ4v) is 3.58. The molecule has 4 heteroatoms. The molecule has 0 radical (unpaired) electrons. The fourth-order valence-electron chi connectivity index (χ4n) is 3.58. The van der Waals surface area contributed by atoms with Crippen LogP contribution in [0, 0.1) is 11.8 Å². The lowest BCUT2D eigenvalue weighted by molar-refractivity contribution is 0.114. The van der Waals surface area contributed by atoms with Crippen LogP contribution in [0.15, 0.2) is 4.99 Å². The summed E-state index contributed by atoms with van der Waals surface area (Å²) in [5.74, 6) is 1.82. The summed E-state index contributed by atoms with van der Waals surface area (Å²) < 4.78 is 0. The van der Waals surface area contributed by atoms with Crippen LogP contribution in [0.2, 0.25) is 0 Å². The molecule has 108 valence electrons. The van der Waals surface area contributed by atoms with Crippen molar-refractivity contribution < 1.29 is 4.79 Å². The van der Waals surface area contributed by atoms with E-state index in [1.165, 1.54) is 25.7 Å². The van der Waals surface area contributed by atoms with Gasteiger partial charge in [-0.1, -0.05) is 33.6 Å². The van der Waals surface area contributed by atoms with Gasteiger partial charge in [0.1, 0.15) is 11.4 Å². The van der Waals surface area contributed by atoms with Crippen molar-refractivity contribution in [2.24, 2.45) is 22.6 Å². The van der Waals surface area contributed by atoms with Crippen LogP contribution >= 0.6 is 0 Å². The molecular weight excluding hydrogens is 238 g/mol. The molecule has 0 unspecified atom stereocenters. The fraction of sp³-hybridized carbons (Fsp3) is 0.867. The maximum atomic E-state index is 12.1. The van der Waals surface area contributed by atoms with E-state index in [4.69, 9.17) is 5.73 Å². The number of urea groups is 1. The highest BCUT2D eigenvalue weighted by molar-refractivity contribution is 6.05. The van der Waals surface area contributed by atoms with Crippen molar-refractivity contribution in [3.63, 3.8) is 0 Å². The molecule has 1 spiro atoms. The van der Waals surface area contributed by atoms with Gasteiger partial charge in [0.05, 0.1) is 0 Å². The Bertz CT molecular complexity index is 368. The van der Waals surface area contributed by atoms with E-state index in [1.807, 2.05) is 4.90 Å². The number of amides is 2. The van der Waals surface area contributed by atoms with Gasteiger partial charge < -0.3 is 10.6 Å². The van der Waals surface area contributed by atoms with Gasteiger partial charge in [0.25, 0.3) is 0 Å². The highest BCUT2D eigenvalue weighted by atomic mass is 16.2. The van der Waals surface area contributed by atoms with Crippen molar-refractivity contribution in [3.8, 4) is 0 Å². The molecule has 0 aromatic carbocycles. The van der Waals surface area contributed by atoms with Crippen LogP contribution in [0.1, 0.15) is 59.3 Å². The highest BCUT2D eigenvalue weighted by Gasteiger charge is 2.49. The van der Waals surface area contributed by atoms with Gasteiger partial charge in [-0.05, 0) is 37.5 Å². The molecule has 0 bridgehead atoms. The Labute approximate surface area is 116 Å². The first-order valence-electron chi connectivity index (χ1n) is 7.66. The van der Waals surface area contributed by atoms with Crippen molar-refractivity contribution in [2.75, 3.05) is 6.54 Å². The third kappa shape index (κ3) is 2.63. The molecule has 1 aliphatic heterocycles. The number of nitrogens with zero attached hydrogens (tertiary/aromatic N) is 2. The summed E-state index contributed by atoms with van der Waals surface area (Å²) in [5.41, 5.74) is 5.85. The first-order valence-corrected chi connectivity index (χ1v) is 7.66. The number of hydrogen-bond acceptors (Lipinski definition) is 2. The van der Waals surface area contributed by atoms with Crippen LogP contribution in [-0.2, 0) is 0 Å². The lowest BCUT2D eigenvalue weighted by atomic mass is 9.74. The SMILES string of the molecule is CCCC1CCC2(CC1)C(N)=NC(=O)N2CC(C)C. The van der Waals surface area contributed by atoms with E-state index >= 15 is 0 Å². The van der Waals surface area contributed by atoms with E-state index in [9.17, 15) is 4.79 Å². The Kier molecular flexibility index (Phi) is 4.16. The second-order valence-corrected chi connectivity index (χ2v) is 6.55. The standard InChI is InChI=1S/C15H27N3O/c1-4-5-12-6-8-15(9-7-12)13(16)17-14(19)18(15)10-11(2)3/h11-12H,4-10H2,1-3H3,(H2,16,17,19). The Morgan fingerprint density at radius 3 is 2.58 bits per heavy atom. The predicted octanol–water partition coefficient (Wildman–Crippen LogP) is 3.16. The van der Waals surface area contributed by atoms with Crippen molar-refractivity contribution >= 4 is 11.9 Å². The summed E-state index contributed by atoms with van der Waals surface area (Å²) in [7, 11) is 0. The van der Waals surface area contributed by atoms with Crippen molar-refractivity contribution in [3.05, 3.63) is 0 Å². The number of rotatable bonds is 4. The molecule has 2 rings (SSSR count). The van der Waals surface area contributed by atoms with E-state index < -0.39 is 0 Å². The van der Waals surface area contributed by atoms with Gasteiger partial charge in [-0.15, -0.1) is 0 Å². The van der Waals surface area contributed by atoms with Gasteiger partial charge >= 0.3 is 6.03 Å². The lowest BCUT2D eigenvalue weighted by Crippen LogP contribution is -2.56. The molecule has 1 fully saturated rings. The minimum Gasteiger partial charge on any atom is -0.385 e. The summed E-state index contributed by atoms with van der Waals surface area (Å²) >= 11 is 0. The summed E-state index contributed by atoms with van der Waals surface area (Å²) in [6.07, 6.45) is 6.87. The zero-order valence-electron chi connectivity index (χ0n) is 12.5. The van der Waals surface area contributed by atoms with Gasteiger partial charge in [-0.25, -0.2) is 4.79 Å². The van der Waals surface area contributed by atoms with Crippen molar-refractivity contribution in [1.82, 2.24) is 4.90 Å². The Balaban J connectivity index is 2.12. The molecular formula is C15H27N3O. The predicted molar refractivity (Wildman–Crippen MR) is 78.2 cm³/mol. The van der Waals surface area contributed by atoms with Gasteiger partial charge in [0.2, 0.25) is 0 Å². The smallest absolute Gasteiger partial charge is 0.346 e. The van der Waals surface area contributed by atoms with Gasteiger partial charge in [0, 0.05) is 6.54 Å². The maximum Gasteiger partial charge on any atom is 0.346 e. The Hall–Kier alpha value is -1.06. The summed E-state index contributed by atoms with van der Waals surface area (Å²) in [6, 6.07) is -0.125. The molecule has 1 aliphatic carbocycles. The molecule has 2 N–H and O–H groups in total. The second kappa shape index (κ2) is 5.51. The largest absolute Gasteiger partial charge is 0.385 e. The first-order chi connectivity index (χ1) is 8.99. The molecule has 1 heterocycles. The van der Waals surface area contributed by atoms with Crippen LogP contribution in [0.4, 0.5) is 4.79 Å². The molecule has 0 saturated heterocycles. The molecule has 0 atom stereocenters. The highest BCUT2D eigenvalue weighted by Crippen LogP contribution is 2.41. The van der Waals surface area contributed by atoms with Gasteiger partial charge in [-0.2, -0.15) is 4.99 Å². The Morgan fingerprint density at radius 2 is 2.05 bits per heavy atom. The number of carbonyl (C=O) groups is 1. The second-order valence-electron chi connectivity index (χ2n) is 6.55. The molecule has 1 saturated carbocycles. The topological polar surface area (TPSA) is 58.7 Å². The maximum absolute atomic E-state index is 12.1. The summed E-state index contributed by atoms with van der Waals surface area (Å²) in [6.45, 7) is 7.28. The average molecular weight is 265 g/mol. The molecule has 2 amide bonds. The third-order valence-electron chi connectivity index (χ3n) is 4.62. The molecule has 4 nitrogen and oxygen atoms in total. The number of carbonyl (C=O) groups excluding carboxylic acids is 1. The minimum absolute atomic E-state index is 0.125. The van der Waals surface area contributed by atoms with E-state index in [1.54, 1.807) is 0 Å². The number of nitrogens with two attached hydrogens (primary N) is 1. The van der Waals surface area contributed by atoms with E-state index in [-0.39, 0.29) is 11.6 Å². The van der Waals surface area contributed by atoms with Crippen LogP contribution in [0.5, 0.6) is 0 Å². The van der Waals surface area contributed by atoms with Crippen LogP contribution in [-0.4, -0.2) is 28.9 Å². The van der Waals surface area contributed by atoms with Crippen molar-refractivity contribution in [2.45, 2.75) is 64.8 Å². The first kappa shape index (κ1) is 14.4. The number of aliphatic imine (C=N–C) groups is 1.